The number of carbonyl (C=O) groups excluding carboxylic acids is 1. The first-order valence-electron chi connectivity index (χ1n) is 6.93. The summed E-state index contributed by atoms with van der Waals surface area (Å²) in [5.41, 5.74) is 0.216. The minimum absolute atomic E-state index is 0.0128. The summed E-state index contributed by atoms with van der Waals surface area (Å²) in [7, 11) is -2.69. The first-order valence-corrected chi connectivity index (χ1v) is 9.23. The number of sulfonamides is 1. The predicted octanol–water partition coefficient (Wildman–Crippen LogP) is 2.39. The van der Waals surface area contributed by atoms with Crippen LogP contribution in [0.3, 0.4) is 0 Å². The van der Waals surface area contributed by atoms with E-state index in [0.29, 0.717) is 10.4 Å². The van der Waals surface area contributed by atoms with Crippen molar-refractivity contribution in [2.45, 2.75) is 18.4 Å². The van der Waals surface area contributed by atoms with Crippen molar-refractivity contribution in [3.63, 3.8) is 0 Å². The largest absolute Gasteiger partial charge is 0.282 e. The van der Waals surface area contributed by atoms with Crippen molar-refractivity contribution in [2.24, 2.45) is 7.05 Å². The Bertz CT molecular complexity index is 1070. The van der Waals surface area contributed by atoms with Gasteiger partial charge in [-0.05, 0) is 30.7 Å². The van der Waals surface area contributed by atoms with Crippen LogP contribution in [0.25, 0.3) is 10.2 Å². The average Bonchev–Trinajstić information content (AvgIpc) is 3.08. The number of alkyl halides is 2. The van der Waals surface area contributed by atoms with Crippen molar-refractivity contribution in [3.8, 4) is 0 Å². The lowest BCUT2D eigenvalue weighted by Crippen LogP contribution is -2.30. The second-order valence-corrected chi connectivity index (χ2v) is 7.90. The zero-order chi connectivity index (χ0) is 18.4. The highest BCUT2D eigenvalue weighted by Gasteiger charge is 2.25. The lowest BCUT2D eigenvalue weighted by molar-refractivity contribution is 0.0985. The number of hydrogen-bond donors (Lipinski definition) is 1. The van der Waals surface area contributed by atoms with Gasteiger partial charge < -0.3 is 0 Å². The molecule has 0 fully saturated rings. The van der Waals surface area contributed by atoms with Crippen LogP contribution in [-0.4, -0.2) is 29.1 Å². The third-order valence-corrected chi connectivity index (χ3v) is 5.79. The van der Waals surface area contributed by atoms with Crippen LogP contribution in [0, 0.1) is 6.92 Å². The van der Waals surface area contributed by atoms with E-state index in [1.54, 1.807) is 13.0 Å². The van der Waals surface area contributed by atoms with Crippen LogP contribution in [0.1, 0.15) is 27.4 Å². The lowest BCUT2D eigenvalue weighted by Gasteiger charge is -2.05. The number of amides is 1. The maximum absolute atomic E-state index is 13.0. The molecular formula is C14H12F2N4O3S2. The maximum Gasteiger partial charge on any atom is 0.282 e. The molecule has 25 heavy (non-hydrogen) atoms. The Morgan fingerprint density at radius 1 is 1.36 bits per heavy atom. The van der Waals surface area contributed by atoms with E-state index in [9.17, 15) is 22.0 Å². The number of nitrogens with one attached hydrogen (secondary N) is 1. The molecule has 0 unspecified atom stereocenters. The van der Waals surface area contributed by atoms with Gasteiger partial charge in [0.2, 0.25) is 0 Å². The molecule has 3 aromatic heterocycles. The molecule has 0 aromatic carbocycles. The number of fused-ring (bicyclic) bond motifs is 1. The SMILES string of the molecule is Cc1ccnc(S(=O)(=O)NC(=O)c2cc3c(C(F)F)nn(C)c3s2)c1. The number of halogens is 2. The zero-order valence-corrected chi connectivity index (χ0v) is 14.7. The summed E-state index contributed by atoms with van der Waals surface area (Å²) >= 11 is 0.880. The summed E-state index contributed by atoms with van der Waals surface area (Å²) in [6, 6.07) is 4.15. The van der Waals surface area contributed by atoms with Gasteiger partial charge >= 0.3 is 0 Å². The van der Waals surface area contributed by atoms with Gasteiger partial charge in [0.1, 0.15) is 10.5 Å². The summed E-state index contributed by atoms with van der Waals surface area (Å²) in [5.74, 6) is -0.912. The Morgan fingerprint density at radius 3 is 2.72 bits per heavy atom. The van der Waals surface area contributed by atoms with E-state index < -0.39 is 28.0 Å². The highest BCUT2D eigenvalue weighted by atomic mass is 32.2. The molecule has 0 atom stereocenters. The fourth-order valence-corrected chi connectivity index (χ4v) is 4.26. The fraction of sp³-hybridized carbons (Fsp3) is 0.214. The highest BCUT2D eigenvalue weighted by Crippen LogP contribution is 2.32. The molecule has 0 aliphatic heterocycles. The van der Waals surface area contributed by atoms with E-state index in [0.717, 1.165) is 11.3 Å². The van der Waals surface area contributed by atoms with Gasteiger partial charge in [0.15, 0.2) is 5.03 Å². The Labute approximate surface area is 145 Å². The smallest absolute Gasteiger partial charge is 0.267 e. The highest BCUT2D eigenvalue weighted by molar-refractivity contribution is 7.90. The van der Waals surface area contributed by atoms with Crippen molar-refractivity contribution in [1.29, 1.82) is 0 Å². The second-order valence-electron chi connectivity index (χ2n) is 5.25. The lowest BCUT2D eigenvalue weighted by atomic mass is 10.3. The molecule has 0 radical (unpaired) electrons. The first kappa shape index (κ1) is 17.4. The molecular weight excluding hydrogens is 374 g/mol. The maximum atomic E-state index is 13.0. The standard InChI is InChI=1S/C14H12F2N4O3S2/c1-7-3-4-17-10(5-7)25(22,23)19-13(21)9-6-8-11(12(15)16)18-20(2)14(8)24-9/h3-6,12H,1-2H3,(H,19,21). The van der Waals surface area contributed by atoms with Crippen LogP contribution in [0.5, 0.6) is 0 Å². The number of pyridine rings is 1. The normalized spacial score (nSPS) is 12.0. The van der Waals surface area contributed by atoms with Crippen molar-refractivity contribution >= 4 is 37.5 Å². The molecule has 0 saturated carbocycles. The third-order valence-electron chi connectivity index (χ3n) is 3.36. The van der Waals surface area contributed by atoms with Crippen molar-refractivity contribution in [3.05, 3.63) is 40.5 Å². The molecule has 0 spiro atoms. The van der Waals surface area contributed by atoms with Crippen LogP contribution >= 0.6 is 11.3 Å². The first-order chi connectivity index (χ1) is 11.7. The quantitative estimate of drug-likeness (QED) is 0.743. The van der Waals surface area contributed by atoms with E-state index >= 15 is 0 Å². The Balaban J connectivity index is 1.93. The van der Waals surface area contributed by atoms with E-state index in [-0.39, 0.29) is 15.3 Å². The number of aromatic nitrogens is 3. The Hall–Kier alpha value is -2.40. The van der Waals surface area contributed by atoms with Crippen molar-refractivity contribution in [2.75, 3.05) is 0 Å². The summed E-state index contributed by atoms with van der Waals surface area (Å²) in [4.78, 5) is 16.3. The molecule has 0 bridgehead atoms. The van der Waals surface area contributed by atoms with Gasteiger partial charge in [0.25, 0.3) is 22.4 Å². The topological polar surface area (TPSA) is 93.9 Å². The Kier molecular flexibility index (Phi) is 4.29. The Morgan fingerprint density at radius 2 is 2.08 bits per heavy atom. The minimum atomic E-state index is -4.16. The van der Waals surface area contributed by atoms with Gasteiger partial charge in [-0.2, -0.15) is 13.5 Å². The summed E-state index contributed by atoms with van der Waals surface area (Å²) in [5, 5.41) is 3.53. The third kappa shape index (κ3) is 3.24. The molecule has 132 valence electrons. The zero-order valence-electron chi connectivity index (χ0n) is 13.0. The molecule has 1 amide bonds. The molecule has 3 heterocycles. The number of hydrogen-bond acceptors (Lipinski definition) is 6. The molecule has 3 aromatic rings. The molecule has 1 N–H and O–H groups in total. The van der Waals surface area contributed by atoms with Gasteiger partial charge in [-0.1, -0.05) is 0 Å². The van der Waals surface area contributed by atoms with Crippen LogP contribution in [0.4, 0.5) is 8.78 Å². The van der Waals surface area contributed by atoms with E-state index in [1.807, 2.05) is 4.72 Å². The average molecular weight is 386 g/mol. The monoisotopic (exact) mass is 386 g/mol. The van der Waals surface area contributed by atoms with Gasteiger partial charge in [0, 0.05) is 18.6 Å². The predicted molar refractivity (Wildman–Crippen MR) is 87.2 cm³/mol. The van der Waals surface area contributed by atoms with E-state index in [1.165, 1.54) is 30.1 Å². The fourth-order valence-electron chi connectivity index (χ4n) is 2.22. The number of carbonyl (C=O) groups is 1. The molecule has 7 nitrogen and oxygen atoms in total. The molecule has 0 aliphatic rings. The van der Waals surface area contributed by atoms with Crippen LogP contribution in [0.15, 0.2) is 29.4 Å². The van der Waals surface area contributed by atoms with Crippen LogP contribution < -0.4 is 4.72 Å². The molecule has 0 aliphatic carbocycles. The van der Waals surface area contributed by atoms with Gasteiger partial charge in [-0.25, -0.2) is 18.5 Å². The molecule has 3 rings (SSSR count). The summed E-state index contributed by atoms with van der Waals surface area (Å²) in [6.45, 7) is 1.69. The molecule has 0 saturated heterocycles. The molecule has 11 heteroatoms. The van der Waals surface area contributed by atoms with Gasteiger partial charge in [0.05, 0.1) is 4.88 Å². The number of thiophene rings is 1. The summed E-state index contributed by atoms with van der Waals surface area (Å²) < 4.78 is 53.6. The number of nitrogens with zero attached hydrogens (tertiary/aromatic N) is 3. The second kappa shape index (κ2) is 6.15. The number of rotatable bonds is 4. The minimum Gasteiger partial charge on any atom is -0.267 e. The van der Waals surface area contributed by atoms with Gasteiger partial charge in [-0.3, -0.25) is 9.48 Å². The van der Waals surface area contributed by atoms with E-state index in [4.69, 9.17) is 0 Å². The van der Waals surface area contributed by atoms with Crippen molar-refractivity contribution in [1.82, 2.24) is 19.5 Å². The van der Waals surface area contributed by atoms with Crippen molar-refractivity contribution < 1.29 is 22.0 Å². The number of aryl methyl sites for hydroxylation is 2. The van der Waals surface area contributed by atoms with Gasteiger partial charge in [-0.15, -0.1) is 11.3 Å². The van der Waals surface area contributed by atoms with Crippen LogP contribution in [-0.2, 0) is 17.1 Å². The van der Waals surface area contributed by atoms with Crippen LogP contribution in [0.2, 0.25) is 0 Å². The summed E-state index contributed by atoms with van der Waals surface area (Å²) in [6.07, 6.45) is -1.48. The van der Waals surface area contributed by atoms with E-state index in [2.05, 4.69) is 10.1 Å².